The predicted octanol–water partition coefficient (Wildman–Crippen LogP) is 3.11. The van der Waals surface area contributed by atoms with Gasteiger partial charge in [-0.3, -0.25) is 5.10 Å². The summed E-state index contributed by atoms with van der Waals surface area (Å²) in [5, 5.41) is 6.79. The maximum Gasteiger partial charge on any atom is 0.108 e. The fourth-order valence-electron chi connectivity index (χ4n) is 1.17. The average Bonchev–Trinajstić information content (AvgIpc) is 2.67. The third-order valence-corrected chi connectivity index (χ3v) is 1.91. The second kappa shape index (κ2) is 4.74. The van der Waals surface area contributed by atoms with Crippen molar-refractivity contribution in [1.82, 2.24) is 15.2 Å². The molecule has 0 bridgehead atoms. The minimum absolute atomic E-state index is 0.476. The second-order valence-electron chi connectivity index (χ2n) is 3.19. The van der Waals surface area contributed by atoms with Gasteiger partial charge in [0, 0.05) is 5.69 Å². The first-order chi connectivity index (χ1) is 6.77. The van der Waals surface area contributed by atoms with E-state index in [1.165, 1.54) is 0 Å². The summed E-state index contributed by atoms with van der Waals surface area (Å²) in [6, 6.07) is 4.05. The minimum atomic E-state index is 0.476. The highest BCUT2D eigenvalue weighted by molar-refractivity contribution is 5.73. The maximum atomic E-state index is 4.44. The summed E-state index contributed by atoms with van der Waals surface area (Å²) in [4.78, 5) is 4.44. The summed E-state index contributed by atoms with van der Waals surface area (Å²) in [6.45, 7) is 8.27. The Morgan fingerprint density at radius 3 is 2.57 bits per heavy atom. The highest BCUT2D eigenvalue weighted by Crippen LogP contribution is 2.14. The number of nitrogens with one attached hydrogen (secondary N) is 1. The van der Waals surface area contributed by atoms with Crippen LogP contribution in [0, 0.1) is 0 Å². The van der Waals surface area contributed by atoms with Crippen LogP contribution in [0.2, 0.25) is 0 Å². The molecule has 0 atom stereocenters. The molecule has 0 aliphatic rings. The van der Waals surface area contributed by atoms with Gasteiger partial charge in [-0.25, -0.2) is 4.98 Å². The van der Waals surface area contributed by atoms with E-state index in [-0.39, 0.29) is 0 Å². The van der Waals surface area contributed by atoms with Crippen LogP contribution in [0.3, 0.4) is 0 Å². The van der Waals surface area contributed by atoms with Crippen LogP contribution in [0.5, 0.6) is 0 Å². The Hall–Kier alpha value is -1.38. The van der Waals surface area contributed by atoms with E-state index in [9.17, 15) is 0 Å². The second-order valence-corrected chi connectivity index (χ2v) is 3.19. The largest absolute Gasteiger partial charge is 0.276 e. The van der Waals surface area contributed by atoms with Crippen LogP contribution in [-0.2, 0) is 0 Å². The van der Waals surface area contributed by atoms with Gasteiger partial charge in [0.15, 0.2) is 0 Å². The summed E-state index contributed by atoms with van der Waals surface area (Å²) in [7, 11) is 0. The van der Waals surface area contributed by atoms with Crippen molar-refractivity contribution in [3.63, 3.8) is 0 Å². The van der Waals surface area contributed by atoms with Crippen molar-refractivity contribution < 1.29 is 0 Å². The van der Waals surface area contributed by atoms with Crippen molar-refractivity contribution in [1.29, 1.82) is 0 Å². The average molecular weight is 191 g/mol. The molecule has 2 rings (SSSR count). The van der Waals surface area contributed by atoms with Gasteiger partial charge in [-0.1, -0.05) is 27.7 Å². The first-order valence-corrected chi connectivity index (χ1v) is 5.07. The van der Waals surface area contributed by atoms with Gasteiger partial charge in [0.25, 0.3) is 0 Å². The van der Waals surface area contributed by atoms with Crippen molar-refractivity contribution in [3.8, 4) is 0 Å². The Labute approximate surface area is 84.6 Å². The van der Waals surface area contributed by atoms with Gasteiger partial charge in [0.05, 0.1) is 11.7 Å². The minimum Gasteiger partial charge on any atom is -0.276 e. The summed E-state index contributed by atoms with van der Waals surface area (Å²) in [5.74, 6) is 0.476. The molecule has 0 aliphatic heterocycles. The first kappa shape index (κ1) is 10.7. The number of nitrogens with zero attached hydrogens (tertiary/aromatic N) is 2. The van der Waals surface area contributed by atoms with Gasteiger partial charge in [-0.2, -0.15) is 5.10 Å². The van der Waals surface area contributed by atoms with Crippen LogP contribution in [0.4, 0.5) is 0 Å². The smallest absolute Gasteiger partial charge is 0.108 e. The molecule has 0 radical (unpaired) electrons. The lowest BCUT2D eigenvalue weighted by Crippen LogP contribution is -1.90. The zero-order chi connectivity index (χ0) is 10.6. The van der Waals surface area contributed by atoms with Crippen molar-refractivity contribution in [2.45, 2.75) is 33.6 Å². The Kier molecular flexibility index (Phi) is 3.63. The molecule has 76 valence electrons. The van der Waals surface area contributed by atoms with Crippen molar-refractivity contribution in [2.24, 2.45) is 0 Å². The Morgan fingerprint density at radius 2 is 1.93 bits per heavy atom. The Morgan fingerprint density at radius 1 is 1.21 bits per heavy atom. The first-order valence-electron chi connectivity index (χ1n) is 5.07. The molecule has 0 saturated heterocycles. The fraction of sp³-hybridized carbons (Fsp3) is 0.455. The third-order valence-electron chi connectivity index (χ3n) is 1.91. The molecule has 0 unspecified atom stereocenters. The van der Waals surface area contributed by atoms with Crippen LogP contribution in [0.1, 0.15) is 39.3 Å². The van der Waals surface area contributed by atoms with E-state index in [2.05, 4.69) is 29.0 Å². The van der Waals surface area contributed by atoms with Gasteiger partial charge in [0.1, 0.15) is 5.52 Å². The van der Waals surface area contributed by atoms with Crippen LogP contribution >= 0.6 is 0 Å². The standard InChI is InChI=1S/C9H11N3.C2H6/c1-6(2)7-3-4-8-9(11-7)5-10-12-8;1-2/h3-6H,1-2H3,(H,10,12);1-2H3. The summed E-state index contributed by atoms with van der Waals surface area (Å²) < 4.78 is 0. The van der Waals surface area contributed by atoms with Crippen molar-refractivity contribution in [3.05, 3.63) is 24.0 Å². The number of fused-ring (bicyclic) bond motifs is 1. The van der Waals surface area contributed by atoms with Crippen LogP contribution in [0.25, 0.3) is 11.0 Å². The monoisotopic (exact) mass is 191 g/mol. The van der Waals surface area contributed by atoms with Gasteiger partial charge in [-0.05, 0) is 18.1 Å². The molecule has 0 amide bonds. The molecule has 2 aromatic rings. The number of pyridine rings is 1. The van der Waals surface area contributed by atoms with Gasteiger partial charge in [-0.15, -0.1) is 0 Å². The van der Waals surface area contributed by atoms with Gasteiger partial charge in [0.2, 0.25) is 0 Å². The molecule has 0 aliphatic carbocycles. The van der Waals surface area contributed by atoms with E-state index >= 15 is 0 Å². The summed E-state index contributed by atoms with van der Waals surface area (Å²) >= 11 is 0. The zero-order valence-corrected chi connectivity index (χ0v) is 9.20. The number of hydrogen-bond acceptors (Lipinski definition) is 2. The lowest BCUT2D eigenvalue weighted by Gasteiger charge is -2.02. The maximum absolute atomic E-state index is 4.44. The van der Waals surface area contributed by atoms with E-state index in [4.69, 9.17) is 0 Å². The number of H-pyrrole nitrogens is 1. The molecule has 0 saturated carbocycles. The lowest BCUT2D eigenvalue weighted by molar-refractivity contribution is 0.830. The van der Waals surface area contributed by atoms with Crippen molar-refractivity contribution >= 4 is 11.0 Å². The van der Waals surface area contributed by atoms with Crippen molar-refractivity contribution in [2.75, 3.05) is 0 Å². The number of rotatable bonds is 1. The molecule has 3 heteroatoms. The molecule has 1 N–H and O–H groups in total. The number of hydrogen-bond donors (Lipinski definition) is 1. The normalized spacial score (nSPS) is 10.1. The molecule has 0 aromatic carbocycles. The number of aromatic nitrogens is 3. The van der Waals surface area contributed by atoms with Crippen LogP contribution in [0.15, 0.2) is 18.3 Å². The Balaban J connectivity index is 0.000000461. The molecule has 2 heterocycles. The van der Waals surface area contributed by atoms with Crippen LogP contribution in [-0.4, -0.2) is 15.2 Å². The van der Waals surface area contributed by atoms with E-state index < -0.39 is 0 Å². The molecule has 3 nitrogen and oxygen atoms in total. The summed E-state index contributed by atoms with van der Waals surface area (Å²) in [5.41, 5.74) is 3.06. The van der Waals surface area contributed by atoms with E-state index in [1.54, 1.807) is 6.20 Å². The summed E-state index contributed by atoms with van der Waals surface area (Å²) in [6.07, 6.45) is 1.75. The molecule has 0 fully saturated rings. The quantitative estimate of drug-likeness (QED) is 0.752. The highest BCUT2D eigenvalue weighted by Gasteiger charge is 2.02. The molecule has 0 spiro atoms. The zero-order valence-electron chi connectivity index (χ0n) is 9.20. The SMILES string of the molecule is CC.CC(C)c1ccc2[nH]ncc2n1. The molecular weight excluding hydrogens is 174 g/mol. The Bertz CT molecular complexity index is 390. The molecule has 14 heavy (non-hydrogen) atoms. The van der Waals surface area contributed by atoms with E-state index in [0.717, 1.165) is 16.7 Å². The fourth-order valence-corrected chi connectivity index (χ4v) is 1.17. The van der Waals surface area contributed by atoms with Gasteiger partial charge < -0.3 is 0 Å². The van der Waals surface area contributed by atoms with E-state index in [0.29, 0.717) is 5.92 Å². The van der Waals surface area contributed by atoms with Gasteiger partial charge >= 0.3 is 0 Å². The van der Waals surface area contributed by atoms with E-state index in [1.807, 2.05) is 26.0 Å². The molecular formula is C11H17N3. The third kappa shape index (κ3) is 2.10. The van der Waals surface area contributed by atoms with Crippen LogP contribution < -0.4 is 0 Å². The number of aromatic amines is 1. The lowest BCUT2D eigenvalue weighted by atomic mass is 10.1. The predicted molar refractivity (Wildman–Crippen MR) is 59.3 cm³/mol. The topological polar surface area (TPSA) is 41.6 Å². The molecule has 2 aromatic heterocycles. The highest BCUT2D eigenvalue weighted by atomic mass is 15.1.